The van der Waals surface area contributed by atoms with Crippen molar-refractivity contribution >= 4 is 0 Å². The Bertz CT molecular complexity index is 497. The molecule has 0 aliphatic carbocycles. The van der Waals surface area contributed by atoms with Gasteiger partial charge in [-0.3, -0.25) is 0 Å². The molecule has 0 saturated carbocycles. The van der Waals surface area contributed by atoms with Gasteiger partial charge >= 0.3 is 0 Å². The summed E-state index contributed by atoms with van der Waals surface area (Å²) >= 11 is 0. The van der Waals surface area contributed by atoms with Crippen molar-refractivity contribution in [3.63, 3.8) is 0 Å². The van der Waals surface area contributed by atoms with Gasteiger partial charge in [-0.1, -0.05) is 38.1 Å². The largest absolute Gasteiger partial charge is 0.330 e. The molecule has 0 unspecified atom stereocenters. The van der Waals surface area contributed by atoms with Gasteiger partial charge in [-0.15, -0.1) is 0 Å². The maximum absolute atomic E-state index is 5.56. The molecule has 0 spiro atoms. The predicted molar refractivity (Wildman–Crippen MR) is 79.1 cm³/mol. The first kappa shape index (κ1) is 13.8. The summed E-state index contributed by atoms with van der Waals surface area (Å²) in [5, 5.41) is 0. The zero-order valence-electron chi connectivity index (χ0n) is 11.8. The molecule has 0 aliphatic rings. The van der Waals surface area contributed by atoms with Crippen LogP contribution in [-0.4, -0.2) is 16.1 Å². The summed E-state index contributed by atoms with van der Waals surface area (Å²) < 4.78 is 2.23. The third-order valence-electron chi connectivity index (χ3n) is 3.22. The number of hydrogen-bond acceptors (Lipinski definition) is 2. The van der Waals surface area contributed by atoms with Crippen LogP contribution in [0.15, 0.2) is 36.8 Å². The molecule has 19 heavy (non-hydrogen) atoms. The third kappa shape index (κ3) is 3.93. The van der Waals surface area contributed by atoms with Crippen LogP contribution in [0.25, 0.3) is 0 Å². The van der Waals surface area contributed by atoms with E-state index < -0.39 is 0 Å². The highest BCUT2D eigenvalue weighted by Crippen LogP contribution is 2.11. The van der Waals surface area contributed by atoms with Gasteiger partial charge in [0.2, 0.25) is 0 Å². The Kier molecular flexibility index (Phi) is 4.74. The minimum absolute atomic E-state index is 0.655. The fourth-order valence-corrected chi connectivity index (χ4v) is 2.25. The SMILES string of the molecule is CC(C)Cc1cncn1Cc1ccc(CCN)cc1. The molecule has 2 aromatic rings. The van der Waals surface area contributed by atoms with E-state index >= 15 is 0 Å². The van der Waals surface area contributed by atoms with Crippen molar-refractivity contribution in [3.05, 3.63) is 53.6 Å². The van der Waals surface area contributed by atoms with Crippen LogP contribution in [-0.2, 0) is 19.4 Å². The van der Waals surface area contributed by atoms with Gasteiger partial charge in [0.1, 0.15) is 0 Å². The number of benzene rings is 1. The molecule has 0 amide bonds. The van der Waals surface area contributed by atoms with Gasteiger partial charge in [0.25, 0.3) is 0 Å². The lowest BCUT2D eigenvalue weighted by Gasteiger charge is -2.10. The van der Waals surface area contributed by atoms with Gasteiger partial charge < -0.3 is 10.3 Å². The Morgan fingerprint density at radius 1 is 1.16 bits per heavy atom. The van der Waals surface area contributed by atoms with E-state index in [9.17, 15) is 0 Å². The predicted octanol–water partition coefficient (Wildman–Crippen LogP) is 2.63. The number of imidazole rings is 1. The molecule has 0 saturated heterocycles. The zero-order valence-corrected chi connectivity index (χ0v) is 11.8. The van der Waals surface area contributed by atoms with E-state index in [0.29, 0.717) is 12.5 Å². The molecule has 0 bridgehead atoms. The van der Waals surface area contributed by atoms with Crippen LogP contribution in [0.1, 0.15) is 30.7 Å². The van der Waals surface area contributed by atoms with E-state index in [1.54, 1.807) is 0 Å². The molecule has 0 aliphatic heterocycles. The summed E-state index contributed by atoms with van der Waals surface area (Å²) in [5.41, 5.74) is 9.48. The van der Waals surface area contributed by atoms with E-state index in [1.807, 2.05) is 12.5 Å². The molecule has 102 valence electrons. The van der Waals surface area contributed by atoms with Crippen molar-refractivity contribution in [2.75, 3.05) is 6.54 Å². The standard InChI is InChI=1S/C16H23N3/c1-13(2)9-16-10-18-12-19(16)11-15-5-3-14(4-6-15)7-8-17/h3-6,10,12-13H,7-9,11,17H2,1-2H3. The minimum atomic E-state index is 0.655. The summed E-state index contributed by atoms with van der Waals surface area (Å²) in [4.78, 5) is 4.26. The van der Waals surface area contributed by atoms with Gasteiger partial charge in [0.05, 0.1) is 6.33 Å². The lowest BCUT2D eigenvalue weighted by Crippen LogP contribution is -2.06. The van der Waals surface area contributed by atoms with Gasteiger partial charge in [0.15, 0.2) is 0 Å². The van der Waals surface area contributed by atoms with Crippen molar-refractivity contribution in [2.24, 2.45) is 11.7 Å². The molecule has 2 rings (SSSR count). The summed E-state index contributed by atoms with van der Waals surface area (Å²) in [6.45, 7) is 6.07. The highest BCUT2D eigenvalue weighted by atomic mass is 15.0. The normalized spacial score (nSPS) is 11.2. The molecule has 0 fully saturated rings. The molecule has 3 heteroatoms. The van der Waals surface area contributed by atoms with Crippen molar-refractivity contribution in [1.29, 1.82) is 0 Å². The molecular weight excluding hydrogens is 234 g/mol. The number of nitrogens with zero attached hydrogens (tertiary/aromatic N) is 2. The van der Waals surface area contributed by atoms with Crippen LogP contribution in [0.2, 0.25) is 0 Å². The highest BCUT2D eigenvalue weighted by molar-refractivity contribution is 5.23. The van der Waals surface area contributed by atoms with Crippen LogP contribution in [0.5, 0.6) is 0 Å². The fourth-order valence-electron chi connectivity index (χ4n) is 2.25. The topological polar surface area (TPSA) is 43.8 Å². The van der Waals surface area contributed by atoms with Gasteiger partial charge in [0, 0.05) is 18.4 Å². The van der Waals surface area contributed by atoms with E-state index in [-0.39, 0.29) is 0 Å². The van der Waals surface area contributed by atoms with E-state index in [1.165, 1.54) is 16.8 Å². The maximum Gasteiger partial charge on any atom is 0.0951 e. The van der Waals surface area contributed by atoms with E-state index in [4.69, 9.17) is 5.73 Å². The summed E-state index contributed by atoms with van der Waals surface area (Å²) in [6.07, 6.45) is 5.92. The first-order valence-corrected chi connectivity index (χ1v) is 6.96. The van der Waals surface area contributed by atoms with Crippen molar-refractivity contribution in [3.8, 4) is 0 Å². The molecule has 3 nitrogen and oxygen atoms in total. The van der Waals surface area contributed by atoms with Crippen molar-refractivity contribution in [1.82, 2.24) is 9.55 Å². The van der Waals surface area contributed by atoms with E-state index in [2.05, 4.69) is 47.7 Å². The smallest absolute Gasteiger partial charge is 0.0951 e. The van der Waals surface area contributed by atoms with Gasteiger partial charge in [-0.25, -0.2) is 4.98 Å². The van der Waals surface area contributed by atoms with Crippen LogP contribution >= 0.6 is 0 Å². The second-order valence-corrected chi connectivity index (χ2v) is 5.47. The first-order valence-electron chi connectivity index (χ1n) is 6.96. The first-order chi connectivity index (χ1) is 9.19. The molecule has 1 aromatic carbocycles. The molecule has 1 heterocycles. The zero-order chi connectivity index (χ0) is 13.7. The Morgan fingerprint density at radius 3 is 2.47 bits per heavy atom. The lowest BCUT2D eigenvalue weighted by atomic mass is 10.1. The van der Waals surface area contributed by atoms with Crippen molar-refractivity contribution < 1.29 is 0 Å². The van der Waals surface area contributed by atoms with Crippen LogP contribution in [0.4, 0.5) is 0 Å². The third-order valence-corrected chi connectivity index (χ3v) is 3.22. The van der Waals surface area contributed by atoms with Crippen LogP contribution in [0.3, 0.4) is 0 Å². The summed E-state index contributed by atoms with van der Waals surface area (Å²) in [6, 6.07) is 8.71. The molecule has 1 aromatic heterocycles. The minimum Gasteiger partial charge on any atom is -0.330 e. The van der Waals surface area contributed by atoms with E-state index in [0.717, 1.165) is 19.4 Å². The lowest BCUT2D eigenvalue weighted by molar-refractivity contribution is 0.604. The van der Waals surface area contributed by atoms with Crippen LogP contribution < -0.4 is 5.73 Å². The second kappa shape index (κ2) is 6.53. The summed E-state index contributed by atoms with van der Waals surface area (Å²) in [7, 11) is 0. The molecular formula is C16H23N3. The van der Waals surface area contributed by atoms with Gasteiger partial charge in [-0.2, -0.15) is 0 Å². The second-order valence-electron chi connectivity index (χ2n) is 5.47. The number of nitrogens with two attached hydrogens (primary N) is 1. The van der Waals surface area contributed by atoms with Gasteiger partial charge in [-0.05, 0) is 36.4 Å². The Balaban J connectivity index is 2.06. The Hall–Kier alpha value is -1.61. The molecule has 0 atom stereocenters. The number of aromatic nitrogens is 2. The quantitative estimate of drug-likeness (QED) is 0.864. The monoisotopic (exact) mass is 257 g/mol. The highest BCUT2D eigenvalue weighted by Gasteiger charge is 2.05. The Labute approximate surface area is 115 Å². The summed E-state index contributed by atoms with van der Waals surface area (Å²) in [5.74, 6) is 0.655. The Morgan fingerprint density at radius 2 is 1.84 bits per heavy atom. The molecule has 2 N–H and O–H groups in total. The van der Waals surface area contributed by atoms with Crippen LogP contribution in [0, 0.1) is 5.92 Å². The number of rotatable bonds is 6. The fraction of sp³-hybridized carbons (Fsp3) is 0.438. The average molecular weight is 257 g/mol. The average Bonchev–Trinajstić information content (AvgIpc) is 2.79. The number of hydrogen-bond donors (Lipinski definition) is 1. The van der Waals surface area contributed by atoms with Crippen molar-refractivity contribution in [2.45, 2.75) is 33.2 Å². The molecule has 0 radical (unpaired) electrons. The maximum atomic E-state index is 5.56.